The lowest BCUT2D eigenvalue weighted by molar-refractivity contribution is 0.248. The fraction of sp³-hybridized carbons (Fsp3) is 0.471. The number of nitrogens with zero attached hydrogens (tertiary/aromatic N) is 1. The fourth-order valence-corrected chi connectivity index (χ4v) is 3.38. The summed E-state index contributed by atoms with van der Waals surface area (Å²) in [6.45, 7) is 2.35. The van der Waals surface area contributed by atoms with E-state index >= 15 is 0 Å². The largest absolute Gasteiger partial charge is 0.324 e. The Morgan fingerprint density at radius 1 is 1.26 bits per heavy atom. The lowest BCUT2D eigenvalue weighted by Crippen LogP contribution is -2.26. The van der Waals surface area contributed by atoms with E-state index in [-0.39, 0.29) is 6.04 Å². The van der Waals surface area contributed by atoms with Crippen molar-refractivity contribution in [2.75, 3.05) is 0 Å². The SMILES string of the molecule is CC1CCCC(C(N)c2ccc3ncccc3c2)C1. The van der Waals surface area contributed by atoms with E-state index in [1.807, 2.05) is 12.3 Å². The van der Waals surface area contributed by atoms with Crippen molar-refractivity contribution in [3.8, 4) is 0 Å². The summed E-state index contributed by atoms with van der Waals surface area (Å²) < 4.78 is 0. The molecule has 3 unspecified atom stereocenters. The molecule has 1 aliphatic carbocycles. The number of benzene rings is 1. The summed E-state index contributed by atoms with van der Waals surface area (Å²) in [5.74, 6) is 1.46. The van der Waals surface area contributed by atoms with Gasteiger partial charge in [0.25, 0.3) is 0 Å². The average Bonchev–Trinajstić information content (AvgIpc) is 2.46. The molecule has 1 aliphatic rings. The van der Waals surface area contributed by atoms with E-state index in [4.69, 9.17) is 5.73 Å². The lowest BCUT2D eigenvalue weighted by Gasteiger charge is -2.31. The van der Waals surface area contributed by atoms with E-state index in [1.165, 1.54) is 36.6 Å². The Kier molecular flexibility index (Phi) is 3.52. The summed E-state index contributed by atoms with van der Waals surface area (Å²) in [5, 5.41) is 1.19. The number of aromatic nitrogens is 1. The topological polar surface area (TPSA) is 38.9 Å². The molecule has 3 atom stereocenters. The van der Waals surface area contributed by atoms with Crippen LogP contribution in [0.25, 0.3) is 10.9 Å². The van der Waals surface area contributed by atoms with Crippen LogP contribution in [0.5, 0.6) is 0 Å². The van der Waals surface area contributed by atoms with Crippen LogP contribution < -0.4 is 5.73 Å². The number of pyridine rings is 1. The minimum absolute atomic E-state index is 0.173. The molecule has 0 spiro atoms. The predicted molar refractivity (Wildman–Crippen MR) is 79.8 cm³/mol. The molecular weight excluding hydrogens is 232 g/mol. The highest BCUT2D eigenvalue weighted by Crippen LogP contribution is 2.36. The summed E-state index contributed by atoms with van der Waals surface area (Å²) in [7, 11) is 0. The zero-order chi connectivity index (χ0) is 13.2. The van der Waals surface area contributed by atoms with E-state index in [0.29, 0.717) is 5.92 Å². The summed E-state index contributed by atoms with van der Waals surface area (Å²) in [4.78, 5) is 4.37. The minimum atomic E-state index is 0.173. The highest BCUT2D eigenvalue weighted by Gasteiger charge is 2.25. The average molecular weight is 254 g/mol. The van der Waals surface area contributed by atoms with Crippen molar-refractivity contribution in [3.63, 3.8) is 0 Å². The third-order valence-electron chi connectivity index (χ3n) is 4.50. The molecule has 0 radical (unpaired) electrons. The Labute approximate surface area is 115 Å². The summed E-state index contributed by atoms with van der Waals surface area (Å²) in [6, 6.07) is 10.7. The molecule has 1 heterocycles. The third kappa shape index (κ3) is 2.64. The second kappa shape index (κ2) is 5.30. The standard InChI is InChI=1S/C17H22N2/c1-12-4-2-5-14(10-12)17(18)15-7-8-16-13(11-15)6-3-9-19-16/h3,6-9,11-12,14,17H,2,4-5,10,18H2,1H3. The molecule has 100 valence electrons. The maximum absolute atomic E-state index is 6.50. The number of hydrogen-bond acceptors (Lipinski definition) is 2. The molecule has 2 aromatic rings. The van der Waals surface area contributed by atoms with Crippen LogP contribution in [0.2, 0.25) is 0 Å². The predicted octanol–water partition coefficient (Wildman–Crippen LogP) is 4.06. The zero-order valence-electron chi connectivity index (χ0n) is 11.5. The van der Waals surface area contributed by atoms with Crippen molar-refractivity contribution in [3.05, 3.63) is 42.1 Å². The van der Waals surface area contributed by atoms with Crippen molar-refractivity contribution in [2.45, 2.75) is 38.6 Å². The van der Waals surface area contributed by atoms with Gasteiger partial charge < -0.3 is 5.73 Å². The van der Waals surface area contributed by atoms with Crippen molar-refractivity contribution in [2.24, 2.45) is 17.6 Å². The highest BCUT2D eigenvalue weighted by molar-refractivity contribution is 5.79. The second-order valence-corrected chi connectivity index (χ2v) is 6.01. The van der Waals surface area contributed by atoms with Gasteiger partial charge in [-0.25, -0.2) is 0 Å². The van der Waals surface area contributed by atoms with Crippen molar-refractivity contribution in [1.82, 2.24) is 4.98 Å². The normalized spacial score (nSPS) is 25.4. The Morgan fingerprint density at radius 3 is 3.00 bits per heavy atom. The van der Waals surface area contributed by atoms with E-state index in [1.54, 1.807) is 0 Å². The number of nitrogens with two attached hydrogens (primary N) is 1. The molecule has 0 amide bonds. The van der Waals surface area contributed by atoms with Crippen LogP contribution in [0.4, 0.5) is 0 Å². The van der Waals surface area contributed by atoms with Crippen molar-refractivity contribution >= 4 is 10.9 Å². The van der Waals surface area contributed by atoms with Crippen LogP contribution in [-0.4, -0.2) is 4.98 Å². The van der Waals surface area contributed by atoms with Crippen LogP contribution in [-0.2, 0) is 0 Å². The quantitative estimate of drug-likeness (QED) is 0.877. The van der Waals surface area contributed by atoms with E-state index in [9.17, 15) is 0 Å². The monoisotopic (exact) mass is 254 g/mol. The van der Waals surface area contributed by atoms with Gasteiger partial charge in [-0.15, -0.1) is 0 Å². The van der Waals surface area contributed by atoms with E-state index in [2.05, 4.69) is 36.2 Å². The molecule has 0 saturated heterocycles. The number of hydrogen-bond donors (Lipinski definition) is 1. The van der Waals surface area contributed by atoms with Gasteiger partial charge in [-0.2, -0.15) is 0 Å². The maximum Gasteiger partial charge on any atom is 0.0702 e. The van der Waals surface area contributed by atoms with E-state index in [0.717, 1.165) is 11.4 Å². The van der Waals surface area contributed by atoms with Gasteiger partial charge in [0.1, 0.15) is 0 Å². The fourth-order valence-electron chi connectivity index (χ4n) is 3.38. The molecule has 1 saturated carbocycles. The molecule has 0 bridgehead atoms. The molecule has 1 fully saturated rings. The molecule has 1 aromatic carbocycles. The highest BCUT2D eigenvalue weighted by atomic mass is 14.7. The molecule has 2 N–H and O–H groups in total. The molecule has 2 nitrogen and oxygen atoms in total. The van der Waals surface area contributed by atoms with Crippen LogP contribution in [0.3, 0.4) is 0 Å². The van der Waals surface area contributed by atoms with Gasteiger partial charge in [0.05, 0.1) is 5.52 Å². The van der Waals surface area contributed by atoms with E-state index < -0.39 is 0 Å². The van der Waals surface area contributed by atoms with Crippen LogP contribution in [0.1, 0.15) is 44.2 Å². The lowest BCUT2D eigenvalue weighted by atomic mass is 9.77. The molecular formula is C17H22N2. The van der Waals surface area contributed by atoms with Gasteiger partial charge >= 0.3 is 0 Å². The summed E-state index contributed by atoms with van der Waals surface area (Å²) >= 11 is 0. The molecule has 3 rings (SSSR count). The molecule has 2 heteroatoms. The molecule has 0 aliphatic heterocycles. The van der Waals surface area contributed by atoms with Gasteiger partial charge in [-0.3, -0.25) is 4.98 Å². The summed E-state index contributed by atoms with van der Waals surface area (Å²) in [5.41, 5.74) is 8.82. The Hall–Kier alpha value is -1.41. The Morgan fingerprint density at radius 2 is 2.16 bits per heavy atom. The van der Waals surface area contributed by atoms with Crippen LogP contribution in [0.15, 0.2) is 36.5 Å². The first-order chi connectivity index (χ1) is 9.24. The van der Waals surface area contributed by atoms with Gasteiger partial charge in [0.2, 0.25) is 0 Å². The number of fused-ring (bicyclic) bond motifs is 1. The van der Waals surface area contributed by atoms with Crippen LogP contribution >= 0.6 is 0 Å². The first-order valence-corrected chi connectivity index (χ1v) is 7.34. The number of rotatable bonds is 2. The second-order valence-electron chi connectivity index (χ2n) is 6.01. The molecule has 19 heavy (non-hydrogen) atoms. The Balaban J connectivity index is 1.86. The Bertz CT molecular complexity index is 564. The van der Waals surface area contributed by atoms with Crippen molar-refractivity contribution in [1.29, 1.82) is 0 Å². The maximum atomic E-state index is 6.50. The van der Waals surface area contributed by atoms with Gasteiger partial charge in [-0.1, -0.05) is 31.9 Å². The zero-order valence-corrected chi connectivity index (χ0v) is 11.5. The first kappa shape index (κ1) is 12.6. The minimum Gasteiger partial charge on any atom is -0.324 e. The van der Waals surface area contributed by atoms with Gasteiger partial charge in [-0.05, 0) is 48.4 Å². The summed E-state index contributed by atoms with van der Waals surface area (Å²) in [6.07, 6.45) is 7.08. The first-order valence-electron chi connectivity index (χ1n) is 7.34. The van der Waals surface area contributed by atoms with Gasteiger partial charge in [0, 0.05) is 17.6 Å². The molecule has 1 aromatic heterocycles. The van der Waals surface area contributed by atoms with Crippen LogP contribution in [0, 0.1) is 11.8 Å². The third-order valence-corrected chi connectivity index (χ3v) is 4.50. The van der Waals surface area contributed by atoms with Gasteiger partial charge in [0.15, 0.2) is 0 Å². The smallest absolute Gasteiger partial charge is 0.0702 e. The van der Waals surface area contributed by atoms with Crippen molar-refractivity contribution < 1.29 is 0 Å².